The van der Waals surface area contributed by atoms with Gasteiger partial charge in [0.1, 0.15) is 0 Å². The third kappa shape index (κ3) is 3.37. The Morgan fingerprint density at radius 1 is 1.10 bits per heavy atom. The fourth-order valence-electron chi connectivity index (χ4n) is 1.65. The fourth-order valence-corrected chi connectivity index (χ4v) is 3.11. The van der Waals surface area contributed by atoms with Crippen molar-refractivity contribution in [2.75, 3.05) is 13.1 Å². The Kier molecular flexibility index (Phi) is 4.93. The molecule has 0 unspecified atom stereocenters. The molecule has 0 saturated carbocycles. The predicted octanol–water partition coefficient (Wildman–Crippen LogP) is 2.46. The van der Waals surface area contributed by atoms with Crippen LogP contribution in [0.25, 0.3) is 0 Å². The highest BCUT2D eigenvalue weighted by atomic mass is 32.2. The number of ketones is 1. The molecule has 112 valence electrons. The zero-order valence-electron chi connectivity index (χ0n) is 10.9. The first-order valence-electron chi connectivity index (χ1n) is 5.86. The minimum absolute atomic E-state index is 0.139. The molecule has 0 aliphatic heterocycles. The number of hydrogen-bond donors (Lipinski definition) is 0. The molecule has 0 radical (unpaired) electrons. The topological polar surface area (TPSA) is 54.5 Å². The second-order valence-electron chi connectivity index (χ2n) is 3.94. The molecular weight excluding hydrogens is 295 g/mol. The molecule has 4 nitrogen and oxygen atoms in total. The average Bonchev–Trinajstić information content (AvgIpc) is 2.38. The summed E-state index contributed by atoms with van der Waals surface area (Å²) in [5, 5.41) is 0. The quantitative estimate of drug-likeness (QED) is 0.785. The molecule has 0 fully saturated rings. The molecule has 0 aliphatic carbocycles. The van der Waals surface area contributed by atoms with Crippen molar-refractivity contribution in [3.05, 3.63) is 29.8 Å². The SMILES string of the molecule is CCN(CC)S(=O)(=O)c1ccc(C(=O)C(F)(F)F)cc1. The van der Waals surface area contributed by atoms with Gasteiger partial charge in [-0.15, -0.1) is 0 Å². The van der Waals surface area contributed by atoms with Crippen LogP contribution in [0.4, 0.5) is 13.2 Å². The Morgan fingerprint density at radius 2 is 1.55 bits per heavy atom. The number of halogens is 3. The summed E-state index contributed by atoms with van der Waals surface area (Å²) in [6, 6.07) is 3.75. The molecular formula is C12H14F3NO3S. The number of carbonyl (C=O) groups is 1. The second kappa shape index (κ2) is 5.92. The van der Waals surface area contributed by atoms with Crippen molar-refractivity contribution in [2.24, 2.45) is 0 Å². The Balaban J connectivity index is 3.12. The lowest BCUT2D eigenvalue weighted by atomic mass is 10.1. The summed E-state index contributed by atoms with van der Waals surface area (Å²) >= 11 is 0. The van der Waals surface area contributed by atoms with Crippen molar-refractivity contribution in [1.29, 1.82) is 0 Å². The van der Waals surface area contributed by atoms with E-state index in [1.165, 1.54) is 4.31 Å². The van der Waals surface area contributed by atoms with E-state index in [-0.39, 0.29) is 18.0 Å². The van der Waals surface area contributed by atoms with Crippen LogP contribution >= 0.6 is 0 Å². The largest absolute Gasteiger partial charge is 0.454 e. The highest BCUT2D eigenvalue weighted by Crippen LogP contribution is 2.23. The van der Waals surface area contributed by atoms with Gasteiger partial charge in [0.15, 0.2) is 0 Å². The molecule has 20 heavy (non-hydrogen) atoms. The molecule has 0 amide bonds. The zero-order chi connectivity index (χ0) is 15.6. The lowest BCUT2D eigenvalue weighted by molar-refractivity contribution is -0.0885. The van der Waals surface area contributed by atoms with Crippen LogP contribution in [0.15, 0.2) is 29.2 Å². The highest BCUT2D eigenvalue weighted by molar-refractivity contribution is 7.89. The van der Waals surface area contributed by atoms with Crippen LogP contribution in [-0.2, 0) is 10.0 Å². The number of hydrogen-bond acceptors (Lipinski definition) is 3. The molecule has 0 aromatic heterocycles. The Bertz CT molecular complexity index is 575. The normalized spacial score (nSPS) is 12.7. The maximum absolute atomic E-state index is 12.2. The van der Waals surface area contributed by atoms with Crippen LogP contribution in [0.1, 0.15) is 24.2 Å². The van der Waals surface area contributed by atoms with E-state index in [1.54, 1.807) is 13.8 Å². The van der Waals surface area contributed by atoms with Gasteiger partial charge >= 0.3 is 6.18 Å². The molecule has 0 bridgehead atoms. The number of sulfonamides is 1. The van der Waals surface area contributed by atoms with Gasteiger partial charge in [-0.1, -0.05) is 13.8 Å². The van der Waals surface area contributed by atoms with Crippen molar-refractivity contribution >= 4 is 15.8 Å². The van der Waals surface area contributed by atoms with E-state index in [1.807, 2.05) is 0 Å². The first-order valence-corrected chi connectivity index (χ1v) is 7.30. The van der Waals surface area contributed by atoms with Crippen molar-refractivity contribution in [3.8, 4) is 0 Å². The third-order valence-electron chi connectivity index (χ3n) is 2.72. The van der Waals surface area contributed by atoms with E-state index < -0.39 is 27.5 Å². The first-order chi connectivity index (χ1) is 9.14. The monoisotopic (exact) mass is 309 g/mol. The molecule has 1 aromatic rings. The Hall–Kier alpha value is -1.41. The van der Waals surface area contributed by atoms with Crippen LogP contribution in [0.3, 0.4) is 0 Å². The van der Waals surface area contributed by atoms with E-state index in [2.05, 4.69) is 0 Å². The van der Waals surface area contributed by atoms with Gasteiger partial charge in [-0.2, -0.15) is 17.5 Å². The molecule has 0 atom stereocenters. The van der Waals surface area contributed by atoms with Crippen molar-refractivity contribution in [2.45, 2.75) is 24.9 Å². The number of nitrogens with zero attached hydrogens (tertiary/aromatic N) is 1. The summed E-state index contributed by atoms with van der Waals surface area (Å²) in [5.74, 6) is -2.00. The maximum atomic E-state index is 12.2. The molecule has 8 heteroatoms. The van der Waals surface area contributed by atoms with Gasteiger partial charge < -0.3 is 0 Å². The zero-order valence-corrected chi connectivity index (χ0v) is 11.8. The van der Waals surface area contributed by atoms with Gasteiger partial charge in [-0.05, 0) is 24.3 Å². The number of alkyl halides is 3. The summed E-state index contributed by atoms with van der Waals surface area (Å²) in [6.45, 7) is 3.81. The molecule has 1 rings (SSSR count). The van der Waals surface area contributed by atoms with E-state index in [0.29, 0.717) is 0 Å². The van der Waals surface area contributed by atoms with E-state index in [0.717, 1.165) is 24.3 Å². The van der Waals surface area contributed by atoms with Crippen molar-refractivity contribution in [1.82, 2.24) is 4.31 Å². The minimum atomic E-state index is -4.97. The van der Waals surface area contributed by atoms with Gasteiger partial charge in [-0.25, -0.2) is 8.42 Å². The van der Waals surface area contributed by atoms with Crippen LogP contribution in [0, 0.1) is 0 Å². The predicted molar refractivity (Wildman–Crippen MR) is 66.9 cm³/mol. The lowest BCUT2D eigenvalue weighted by Crippen LogP contribution is -2.30. The lowest BCUT2D eigenvalue weighted by Gasteiger charge is -2.18. The average molecular weight is 309 g/mol. The molecule has 0 spiro atoms. The van der Waals surface area contributed by atoms with Crippen molar-refractivity contribution in [3.63, 3.8) is 0 Å². The van der Waals surface area contributed by atoms with Gasteiger partial charge in [-0.3, -0.25) is 4.79 Å². The minimum Gasteiger partial charge on any atom is -0.284 e. The van der Waals surface area contributed by atoms with E-state index >= 15 is 0 Å². The number of carbonyl (C=O) groups excluding carboxylic acids is 1. The summed E-state index contributed by atoms with van der Waals surface area (Å²) in [7, 11) is -3.74. The number of benzene rings is 1. The Labute approximate surface area is 115 Å². The van der Waals surface area contributed by atoms with Gasteiger partial charge in [0.2, 0.25) is 10.0 Å². The van der Waals surface area contributed by atoms with Crippen LogP contribution in [0.2, 0.25) is 0 Å². The molecule has 1 aromatic carbocycles. The van der Waals surface area contributed by atoms with Crippen LogP contribution < -0.4 is 0 Å². The number of Topliss-reactive ketones (excluding diaryl/α,β-unsaturated/α-hetero) is 1. The summed E-state index contributed by atoms with van der Waals surface area (Å²) in [6.07, 6.45) is -4.97. The molecule has 0 heterocycles. The fraction of sp³-hybridized carbons (Fsp3) is 0.417. The molecule has 0 N–H and O–H groups in total. The highest BCUT2D eigenvalue weighted by Gasteiger charge is 2.39. The third-order valence-corrected chi connectivity index (χ3v) is 4.78. The van der Waals surface area contributed by atoms with Crippen molar-refractivity contribution < 1.29 is 26.4 Å². The standard InChI is InChI=1S/C12H14F3NO3S/c1-3-16(4-2)20(18,19)10-7-5-9(6-8-10)11(17)12(13,14)15/h5-8H,3-4H2,1-2H3. The number of rotatable bonds is 5. The second-order valence-corrected chi connectivity index (χ2v) is 5.88. The molecule has 0 saturated heterocycles. The molecule has 0 aliphatic rings. The smallest absolute Gasteiger partial charge is 0.284 e. The van der Waals surface area contributed by atoms with Gasteiger partial charge in [0.05, 0.1) is 4.90 Å². The summed E-state index contributed by atoms with van der Waals surface area (Å²) < 4.78 is 62.0. The maximum Gasteiger partial charge on any atom is 0.454 e. The summed E-state index contributed by atoms with van der Waals surface area (Å²) in [5.41, 5.74) is -0.587. The first kappa shape index (κ1) is 16.6. The van der Waals surface area contributed by atoms with E-state index in [9.17, 15) is 26.4 Å². The van der Waals surface area contributed by atoms with Gasteiger partial charge in [0, 0.05) is 18.7 Å². The Morgan fingerprint density at radius 3 is 1.90 bits per heavy atom. The summed E-state index contributed by atoms with van der Waals surface area (Å²) in [4.78, 5) is 10.8. The van der Waals surface area contributed by atoms with Gasteiger partial charge in [0.25, 0.3) is 5.78 Å². The van der Waals surface area contributed by atoms with E-state index in [4.69, 9.17) is 0 Å². The van der Waals surface area contributed by atoms with Crippen LogP contribution in [0.5, 0.6) is 0 Å². The van der Waals surface area contributed by atoms with Crippen LogP contribution in [-0.4, -0.2) is 37.8 Å².